The van der Waals surface area contributed by atoms with Gasteiger partial charge in [0.05, 0.1) is 6.20 Å². The zero-order chi connectivity index (χ0) is 13.8. The fourth-order valence-electron chi connectivity index (χ4n) is 2.91. The van der Waals surface area contributed by atoms with Gasteiger partial charge in [0.2, 0.25) is 5.95 Å². The molecule has 1 aliphatic carbocycles. The molecule has 1 saturated carbocycles. The van der Waals surface area contributed by atoms with E-state index in [1.807, 2.05) is 6.92 Å². The molecule has 0 bridgehead atoms. The van der Waals surface area contributed by atoms with E-state index >= 15 is 0 Å². The van der Waals surface area contributed by atoms with Gasteiger partial charge >= 0.3 is 0 Å². The molecular formula is C14H23ClN4. The summed E-state index contributed by atoms with van der Waals surface area (Å²) in [5.74, 6) is 2.86. The summed E-state index contributed by atoms with van der Waals surface area (Å²) in [6.07, 6.45) is 5.39. The maximum Gasteiger partial charge on any atom is 0.224 e. The first-order valence-electron chi connectivity index (χ1n) is 7.18. The minimum absolute atomic E-state index is 0.465. The molecule has 0 saturated heterocycles. The number of nitrogens with zero attached hydrogens (tertiary/aromatic N) is 2. The van der Waals surface area contributed by atoms with Crippen LogP contribution in [0.2, 0.25) is 5.02 Å². The van der Waals surface area contributed by atoms with Gasteiger partial charge in [-0.15, -0.1) is 0 Å². The molecule has 4 nitrogen and oxygen atoms in total. The van der Waals surface area contributed by atoms with E-state index in [1.165, 1.54) is 19.3 Å². The van der Waals surface area contributed by atoms with Gasteiger partial charge in [0, 0.05) is 12.6 Å². The topological polar surface area (TPSA) is 49.8 Å². The first kappa shape index (κ1) is 14.4. The van der Waals surface area contributed by atoms with E-state index in [2.05, 4.69) is 34.4 Å². The van der Waals surface area contributed by atoms with Crippen LogP contribution < -0.4 is 10.6 Å². The van der Waals surface area contributed by atoms with E-state index in [0.717, 1.165) is 18.3 Å². The lowest BCUT2D eigenvalue weighted by Gasteiger charge is -2.22. The van der Waals surface area contributed by atoms with Gasteiger partial charge in [-0.05, 0) is 31.6 Å². The van der Waals surface area contributed by atoms with E-state index in [-0.39, 0.29) is 0 Å². The second-order valence-electron chi connectivity index (χ2n) is 5.28. The first-order valence-corrected chi connectivity index (χ1v) is 7.56. The van der Waals surface area contributed by atoms with Gasteiger partial charge in [0.15, 0.2) is 5.82 Å². The van der Waals surface area contributed by atoms with Crippen molar-refractivity contribution in [2.45, 2.75) is 46.1 Å². The van der Waals surface area contributed by atoms with Crippen molar-refractivity contribution in [3.05, 3.63) is 11.2 Å². The van der Waals surface area contributed by atoms with Crippen LogP contribution in [0.5, 0.6) is 0 Å². The van der Waals surface area contributed by atoms with E-state index in [1.54, 1.807) is 6.20 Å². The van der Waals surface area contributed by atoms with E-state index in [9.17, 15) is 0 Å². The van der Waals surface area contributed by atoms with Crippen LogP contribution in [0, 0.1) is 11.8 Å². The highest BCUT2D eigenvalue weighted by Crippen LogP contribution is 2.36. The Hall–Kier alpha value is -1.03. The van der Waals surface area contributed by atoms with Gasteiger partial charge in [-0.25, -0.2) is 4.98 Å². The van der Waals surface area contributed by atoms with Crippen molar-refractivity contribution in [1.29, 1.82) is 0 Å². The molecule has 1 fully saturated rings. The Kier molecular flexibility index (Phi) is 4.86. The van der Waals surface area contributed by atoms with Crippen molar-refractivity contribution in [3.63, 3.8) is 0 Å². The third-order valence-electron chi connectivity index (χ3n) is 4.15. The van der Waals surface area contributed by atoms with Gasteiger partial charge in [-0.2, -0.15) is 4.98 Å². The molecule has 2 rings (SSSR count). The monoisotopic (exact) mass is 282 g/mol. The number of aromatic nitrogens is 2. The summed E-state index contributed by atoms with van der Waals surface area (Å²) in [6, 6.07) is 0.465. The Morgan fingerprint density at radius 3 is 2.79 bits per heavy atom. The molecule has 1 heterocycles. The van der Waals surface area contributed by atoms with Crippen molar-refractivity contribution < 1.29 is 0 Å². The van der Waals surface area contributed by atoms with Crippen LogP contribution in [0.15, 0.2) is 6.20 Å². The van der Waals surface area contributed by atoms with Crippen molar-refractivity contribution in [3.8, 4) is 0 Å². The molecule has 19 heavy (non-hydrogen) atoms. The van der Waals surface area contributed by atoms with Gasteiger partial charge in [0.1, 0.15) is 5.02 Å². The normalized spacial score (nSPS) is 26.4. The number of hydrogen-bond acceptors (Lipinski definition) is 4. The Bertz CT molecular complexity index is 424. The Morgan fingerprint density at radius 1 is 1.37 bits per heavy atom. The highest BCUT2D eigenvalue weighted by Gasteiger charge is 2.31. The molecule has 5 heteroatoms. The summed E-state index contributed by atoms with van der Waals surface area (Å²) in [4.78, 5) is 8.60. The molecule has 1 aromatic heterocycles. The van der Waals surface area contributed by atoms with Crippen molar-refractivity contribution in [1.82, 2.24) is 9.97 Å². The van der Waals surface area contributed by atoms with Crippen molar-refractivity contribution in [2.75, 3.05) is 17.2 Å². The van der Waals surface area contributed by atoms with Crippen LogP contribution >= 0.6 is 11.6 Å². The van der Waals surface area contributed by atoms with Gasteiger partial charge in [-0.1, -0.05) is 31.9 Å². The van der Waals surface area contributed by atoms with Crippen LogP contribution in [0.1, 0.15) is 40.0 Å². The fraction of sp³-hybridized carbons (Fsp3) is 0.714. The maximum atomic E-state index is 6.18. The first-order chi connectivity index (χ1) is 9.15. The highest BCUT2D eigenvalue weighted by molar-refractivity contribution is 6.32. The molecule has 1 aromatic rings. The fourth-order valence-corrected chi connectivity index (χ4v) is 3.06. The molecule has 0 spiro atoms. The van der Waals surface area contributed by atoms with E-state index in [0.29, 0.717) is 22.9 Å². The molecule has 2 N–H and O–H groups in total. The molecule has 0 aliphatic heterocycles. The molecular weight excluding hydrogens is 260 g/mol. The summed E-state index contributed by atoms with van der Waals surface area (Å²) < 4.78 is 0. The zero-order valence-electron chi connectivity index (χ0n) is 11.9. The summed E-state index contributed by atoms with van der Waals surface area (Å²) in [5, 5.41) is 7.20. The number of anilines is 2. The molecule has 1 aliphatic rings. The lowest BCUT2D eigenvalue weighted by Crippen LogP contribution is -2.25. The molecule has 0 radical (unpaired) electrons. The number of hydrogen-bond donors (Lipinski definition) is 2. The third kappa shape index (κ3) is 3.30. The summed E-state index contributed by atoms with van der Waals surface area (Å²) in [5.41, 5.74) is 0. The van der Waals surface area contributed by atoms with Crippen LogP contribution in [0.4, 0.5) is 11.8 Å². The van der Waals surface area contributed by atoms with Gasteiger partial charge in [-0.3, -0.25) is 0 Å². The lowest BCUT2D eigenvalue weighted by atomic mass is 9.93. The van der Waals surface area contributed by atoms with Gasteiger partial charge in [0.25, 0.3) is 0 Å². The summed E-state index contributed by atoms with van der Waals surface area (Å²) >= 11 is 6.18. The average Bonchev–Trinajstić information content (AvgIpc) is 2.75. The smallest absolute Gasteiger partial charge is 0.224 e. The molecule has 3 unspecified atom stereocenters. The number of halogens is 1. The maximum absolute atomic E-state index is 6.18. The zero-order valence-corrected chi connectivity index (χ0v) is 12.7. The van der Waals surface area contributed by atoms with Crippen LogP contribution in [0.25, 0.3) is 0 Å². The molecule has 3 atom stereocenters. The van der Waals surface area contributed by atoms with Crippen molar-refractivity contribution >= 4 is 23.4 Å². The largest absolute Gasteiger partial charge is 0.366 e. The number of nitrogens with one attached hydrogen (secondary N) is 2. The van der Waals surface area contributed by atoms with Crippen LogP contribution in [-0.4, -0.2) is 22.6 Å². The predicted molar refractivity (Wildman–Crippen MR) is 80.8 cm³/mol. The van der Waals surface area contributed by atoms with Crippen LogP contribution in [-0.2, 0) is 0 Å². The second kappa shape index (κ2) is 6.42. The predicted octanol–water partition coefficient (Wildman–Crippen LogP) is 3.80. The van der Waals surface area contributed by atoms with E-state index < -0.39 is 0 Å². The quantitative estimate of drug-likeness (QED) is 0.862. The molecule has 106 valence electrons. The highest BCUT2D eigenvalue weighted by atomic mass is 35.5. The van der Waals surface area contributed by atoms with Crippen molar-refractivity contribution in [2.24, 2.45) is 11.8 Å². The Labute approximate surface area is 120 Å². The Balaban J connectivity index is 2.08. The second-order valence-corrected chi connectivity index (χ2v) is 5.68. The van der Waals surface area contributed by atoms with E-state index in [4.69, 9.17) is 11.6 Å². The third-order valence-corrected chi connectivity index (χ3v) is 4.43. The average molecular weight is 283 g/mol. The standard InChI is InChI=1S/C14H23ClN4/c1-4-10-6-7-12(9(10)3)18-13-11(15)8-17-14(19-13)16-5-2/h8-10,12H,4-7H2,1-3H3,(H2,16,17,18,19). The number of rotatable bonds is 5. The van der Waals surface area contributed by atoms with Crippen LogP contribution in [0.3, 0.4) is 0 Å². The SMILES string of the molecule is CCNc1ncc(Cl)c(NC2CCC(CC)C2C)n1. The minimum atomic E-state index is 0.465. The van der Waals surface area contributed by atoms with Gasteiger partial charge < -0.3 is 10.6 Å². The summed E-state index contributed by atoms with van der Waals surface area (Å²) in [7, 11) is 0. The summed E-state index contributed by atoms with van der Waals surface area (Å²) in [6.45, 7) is 7.42. The Morgan fingerprint density at radius 2 is 2.16 bits per heavy atom. The molecule has 0 aromatic carbocycles. The molecule has 0 amide bonds. The minimum Gasteiger partial charge on any atom is -0.366 e. The lowest BCUT2D eigenvalue weighted by molar-refractivity contribution is 0.391.